The minimum Gasteiger partial charge on any atom is -0.352 e. The van der Waals surface area contributed by atoms with E-state index in [1.54, 1.807) is 6.20 Å². The molecule has 2 heterocycles. The van der Waals surface area contributed by atoms with Gasteiger partial charge in [-0.1, -0.05) is 60.7 Å². The predicted molar refractivity (Wildman–Crippen MR) is 141 cm³/mol. The highest BCUT2D eigenvalue weighted by atomic mass is 16.2. The Morgan fingerprint density at radius 3 is 2.53 bits per heavy atom. The van der Waals surface area contributed by atoms with Crippen molar-refractivity contribution in [3.63, 3.8) is 0 Å². The molecule has 0 spiro atoms. The molecule has 5 rings (SSSR count). The number of nitrogens with one attached hydrogen (secondary N) is 2. The van der Waals surface area contributed by atoms with E-state index in [0.29, 0.717) is 19.5 Å². The zero-order valence-electron chi connectivity index (χ0n) is 20.6. The topological polar surface area (TPSA) is 74.3 Å². The van der Waals surface area contributed by atoms with Gasteiger partial charge in [0.05, 0.1) is 13.0 Å². The molecular formula is C30H34N4O2. The largest absolute Gasteiger partial charge is 0.352 e. The molecule has 1 saturated heterocycles. The van der Waals surface area contributed by atoms with E-state index in [9.17, 15) is 9.59 Å². The lowest BCUT2D eigenvalue weighted by Gasteiger charge is -2.35. The molecule has 6 heteroatoms. The first-order valence-corrected chi connectivity index (χ1v) is 13.0. The molecule has 2 amide bonds. The molecule has 0 saturated carbocycles. The summed E-state index contributed by atoms with van der Waals surface area (Å²) in [5, 5.41) is 6.50. The van der Waals surface area contributed by atoms with Crippen molar-refractivity contribution < 1.29 is 9.59 Å². The maximum Gasteiger partial charge on any atom is 0.234 e. The summed E-state index contributed by atoms with van der Waals surface area (Å²) in [6.45, 7) is 1.89. The third-order valence-corrected chi connectivity index (χ3v) is 7.40. The molecule has 1 unspecified atom stereocenters. The van der Waals surface area contributed by atoms with Crippen LogP contribution in [0.5, 0.6) is 0 Å². The second kappa shape index (κ2) is 11.5. The molecule has 1 aromatic heterocycles. The number of likely N-dealkylation sites (tertiary alicyclic amines) is 1. The summed E-state index contributed by atoms with van der Waals surface area (Å²) in [7, 11) is 0. The van der Waals surface area contributed by atoms with Crippen molar-refractivity contribution in [1.29, 1.82) is 0 Å². The Hall–Kier alpha value is -3.51. The van der Waals surface area contributed by atoms with Gasteiger partial charge >= 0.3 is 0 Å². The van der Waals surface area contributed by atoms with Gasteiger partial charge in [0, 0.05) is 43.5 Å². The van der Waals surface area contributed by atoms with Crippen molar-refractivity contribution >= 4 is 11.8 Å². The lowest BCUT2D eigenvalue weighted by molar-refractivity contribution is -0.123. The van der Waals surface area contributed by atoms with E-state index >= 15 is 0 Å². The maximum absolute atomic E-state index is 13.1. The molecule has 6 nitrogen and oxygen atoms in total. The smallest absolute Gasteiger partial charge is 0.234 e. The number of hydrogen-bond acceptors (Lipinski definition) is 4. The Bertz CT molecular complexity index is 1170. The van der Waals surface area contributed by atoms with Gasteiger partial charge in [-0.3, -0.25) is 19.5 Å². The summed E-state index contributed by atoms with van der Waals surface area (Å²) >= 11 is 0. The van der Waals surface area contributed by atoms with Gasteiger partial charge < -0.3 is 10.6 Å². The van der Waals surface area contributed by atoms with Crippen LogP contribution >= 0.6 is 0 Å². The molecule has 1 aliphatic heterocycles. The van der Waals surface area contributed by atoms with E-state index in [0.717, 1.165) is 37.8 Å². The number of pyridine rings is 1. The van der Waals surface area contributed by atoms with Crippen molar-refractivity contribution in [1.82, 2.24) is 20.5 Å². The number of carbonyl (C=O) groups is 2. The first-order valence-electron chi connectivity index (χ1n) is 13.0. The molecular weight excluding hydrogens is 448 g/mol. The normalized spacial score (nSPS) is 21.5. The van der Waals surface area contributed by atoms with Crippen molar-refractivity contribution in [2.24, 2.45) is 0 Å². The average molecular weight is 483 g/mol. The summed E-state index contributed by atoms with van der Waals surface area (Å²) < 4.78 is 0. The van der Waals surface area contributed by atoms with Crippen molar-refractivity contribution in [2.45, 2.75) is 50.1 Å². The third kappa shape index (κ3) is 6.18. The Balaban J connectivity index is 1.15. The lowest BCUT2D eigenvalue weighted by atomic mass is 9.76. The van der Waals surface area contributed by atoms with Gasteiger partial charge in [-0.25, -0.2) is 0 Å². The van der Waals surface area contributed by atoms with E-state index in [2.05, 4.69) is 50.8 Å². The molecule has 1 fully saturated rings. The monoisotopic (exact) mass is 482 g/mol. The molecule has 186 valence electrons. The van der Waals surface area contributed by atoms with Crippen molar-refractivity contribution in [3.05, 3.63) is 101 Å². The second-order valence-electron chi connectivity index (χ2n) is 10.0. The number of rotatable bonds is 8. The Morgan fingerprint density at radius 1 is 0.889 bits per heavy atom. The van der Waals surface area contributed by atoms with Crippen LogP contribution in [0, 0.1) is 0 Å². The standard InChI is InChI=1S/C30H34N4O2/c35-29(18-22-7-2-1-3-8-22)32-25-14-16-34(20-25)21-30(36)33-28-13-12-24-10-4-5-11-26(24)27(28)17-23-9-6-15-31-19-23/h1-11,15,19,25,27-28H,12-14,16-18,20-21H2,(H,32,35)(H,33,36)/t25?,27-,28+/m0/s1. The molecule has 2 aliphatic rings. The minimum atomic E-state index is 0.0385. The predicted octanol–water partition coefficient (Wildman–Crippen LogP) is 3.27. The molecule has 3 atom stereocenters. The van der Waals surface area contributed by atoms with Crippen LogP contribution in [0.3, 0.4) is 0 Å². The van der Waals surface area contributed by atoms with Gasteiger partial charge in [-0.05, 0) is 54.0 Å². The number of hydrogen-bond donors (Lipinski definition) is 2. The molecule has 36 heavy (non-hydrogen) atoms. The average Bonchev–Trinajstić information content (AvgIpc) is 3.32. The number of aromatic nitrogens is 1. The fourth-order valence-corrected chi connectivity index (χ4v) is 5.66. The van der Waals surface area contributed by atoms with E-state index in [-0.39, 0.29) is 29.8 Å². The molecule has 3 aromatic rings. The van der Waals surface area contributed by atoms with Crippen LogP contribution in [-0.4, -0.2) is 53.4 Å². The van der Waals surface area contributed by atoms with E-state index in [1.165, 1.54) is 16.7 Å². The molecule has 0 radical (unpaired) electrons. The Kier molecular flexibility index (Phi) is 7.72. The van der Waals surface area contributed by atoms with Crippen molar-refractivity contribution in [3.8, 4) is 0 Å². The van der Waals surface area contributed by atoms with Crippen LogP contribution in [-0.2, 0) is 28.9 Å². The van der Waals surface area contributed by atoms with Crippen LogP contribution in [0.4, 0.5) is 0 Å². The number of amides is 2. The number of benzene rings is 2. The second-order valence-corrected chi connectivity index (χ2v) is 10.0. The SMILES string of the molecule is O=C(Cc1ccccc1)NC1CCN(CC(=O)N[C@@H]2CCc3ccccc3[C@@H]2Cc2cccnc2)C1. The highest BCUT2D eigenvalue weighted by Gasteiger charge is 2.32. The Labute approximate surface area is 213 Å². The quantitative estimate of drug-likeness (QED) is 0.517. The van der Waals surface area contributed by atoms with Gasteiger partial charge in [0.25, 0.3) is 0 Å². The fourth-order valence-electron chi connectivity index (χ4n) is 5.66. The number of carbonyl (C=O) groups excluding carboxylic acids is 2. The van der Waals surface area contributed by atoms with Crippen LogP contribution in [0.1, 0.15) is 41.0 Å². The van der Waals surface area contributed by atoms with Crippen LogP contribution < -0.4 is 10.6 Å². The first kappa shape index (κ1) is 24.2. The third-order valence-electron chi connectivity index (χ3n) is 7.40. The highest BCUT2D eigenvalue weighted by Crippen LogP contribution is 2.34. The zero-order valence-corrected chi connectivity index (χ0v) is 20.6. The summed E-state index contributed by atoms with van der Waals surface area (Å²) in [6, 6.07) is 22.7. The van der Waals surface area contributed by atoms with E-state index in [4.69, 9.17) is 0 Å². The maximum atomic E-state index is 13.1. The fraction of sp³-hybridized carbons (Fsp3) is 0.367. The zero-order chi connectivity index (χ0) is 24.7. The Morgan fingerprint density at radius 2 is 1.69 bits per heavy atom. The molecule has 1 aliphatic carbocycles. The summed E-state index contributed by atoms with van der Waals surface area (Å²) in [6.07, 6.45) is 7.75. The van der Waals surface area contributed by atoms with Crippen LogP contribution in [0.15, 0.2) is 79.1 Å². The lowest BCUT2D eigenvalue weighted by Crippen LogP contribution is -2.47. The van der Waals surface area contributed by atoms with Gasteiger partial charge in [0.1, 0.15) is 0 Å². The highest BCUT2D eigenvalue weighted by molar-refractivity contribution is 5.79. The number of fused-ring (bicyclic) bond motifs is 1. The van der Waals surface area contributed by atoms with Crippen molar-refractivity contribution in [2.75, 3.05) is 19.6 Å². The molecule has 2 aromatic carbocycles. The number of nitrogens with zero attached hydrogens (tertiary/aromatic N) is 2. The molecule has 0 bridgehead atoms. The minimum absolute atomic E-state index is 0.0385. The van der Waals surface area contributed by atoms with Crippen LogP contribution in [0.25, 0.3) is 0 Å². The van der Waals surface area contributed by atoms with Gasteiger partial charge in [-0.15, -0.1) is 0 Å². The number of aryl methyl sites for hydroxylation is 1. The van der Waals surface area contributed by atoms with Gasteiger partial charge in [-0.2, -0.15) is 0 Å². The summed E-state index contributed by atoms with van der Waals surface area (Å²) in [5.74, 6) is 0.329. The summed E-state index contributed by atoms with van der Waals surface area (Å²) in [4.78, 5) is 32.0. The van der Waals surface area contributed by atoms with Gasteiger partial charge in [0.2, 0.25) is 11.8 Å². The first-order chi connectivity index (χ1) is 17.6. The summed E-state index contributed by atoms with van der Waals surface area (Å²) in [5.41, 5.74) is 4.91. The van der Waals surface area contributed by atoms with E-state index in [1.807, 2.05) is 42.6 Å². The van der Waals surface area contributed by atoms with E-state index < -0.39 is 0 Å². The van der Waals surface area contributed by atoms with Crippen LogP contribution in [0.2, 0.25) is 0 Å². The van der Waals surface area contributed by atoms with Gasteiger partial charge in [0.15, 0.2) is 0 Å². The molecule has 2 N–H and O–H groups in total.